The van der Waals surface area contributed by atoms with Gasteiger partial charge in [0.15, 0.2) is 13.2 Å². The molecule has 0 aliphatic rings. The number of alkyl halides is 14. The SMILES string of the molecule is C=C(C)C(=O)OCC(=O)OC(C(=O)OCC(F)(F)C(F)(F)C(F)(F)C(F)F)(C(F)(F)F)C(F)(F)F. The Bertz CT molecular complexity index is 815. The molecule has 0 aliphatic heterocycles. The Morgan fingerprint density at radius 3 is 1.57 bits per heavy atom. The predicted octanol–water partition coefficient (Wildman–Crippen LogP) is 4.23. The lowest BCUT2D eigenvalue weighted by Gasteiger charge is -2.35. The van der Waals surface area contributed by atoms with Crippen LogP contribution in [0, 0.1) is 0 Å². The molecular formula is C15H10F14O6. The van der Waals surface area contributed by atoms with Crippen molar-refractivity contribution in [3.63, 3.8) is 0 Å². The normalized spacial score (nSPS) is 13.9. The van der Waals surface area contributed by atoms with Gasteiger partial charge in [0.2, 0.25) is 0 Å². The number of rotatable bonds is 10. The Hall–Kier alpha value is -2.83. The second-order valence-corrected chi connectivity index (χ2v) is 6.29. The maximum atomic E-state index is 13.4. The van der Waals surface area contributed by atoms with E-state index >= 15 is 0 Å². The Labute approximate surface area is 183 Å². The molecule has 20 heteroatoms. The first-order chi connectivity index (χ1) is 15.3. The molecule has 0 aromatic carbocycles. The van der Waals surface area contributed by atoms with Gasteiger partial charge in [-0.15, -0.1) is 0 Å². The molecule has 0 N–H and O–H groups in total. The van der Waals surface area contributed by atoms with E-state index in [4.69, 9.17) is 0 Å². The molecule has 0 fully saturated rings. The summed E-state index contributed by atoms with van der Waals surface area (Å²) in [5, 5.41) is 0. The average Bonchev–Trinajstić information content (AvgIpc) is 2.65. The van der Waals surface area contributed by atoms with E-state index in [9.17, 15) is 75.8 Å². The molecule has 0 heterocycles. The van der Waals surface area contributed by atoms with Crippen LogP contribution in [-0.2, 0) is 28.6 Å². The van der Waals surface area contributed by atoms with Crippen molar-refractivity contribution in [2.24, 2.45) is 0 Å². The minimum atomic E-state index is -7.17. The third-order valence-electron chi connectivity index (χ3n) is 3.56. The van der Waals surface area contributed by atoms with Crippen LogP contribution in [0.2, 0.25) is 0 Å². The van der Waals surface area contributed by atoms with Gasteiger partial charge in [-0.25, -0.2) is 23.2 Å². The summed E-state index contributed by atoms with van der Waals surface area (Å²) in [5.41, 5.74) is -7.08. The van der Waals surface area contributed by atoms with E-state index in [2.05, 4.69) is 20.8 Å². The van der Waals surface area contributed by atoms with Crippen molar-refractivity contribution >= 4 is 17.9 Å². The van der Waals surface area contributed by atoms with Gasteiger partial charge in [0, 0.05) is 5.57 Å². The van der Waals surface area contributed by atoms with Gasteiger partial charge in [-0.1, -0.05) is 6.58 Å². The van der Waals surface area contributed by atoms with Crippen LogP contribution in [0.3, 0.4) is 0 Å². The Balaban J connectivity index is 6.18. The van der Waals surface area contributed by atoms with Gasteiger partial charge in [0.05, 0.1) is 0 Å². The fraction of sp³-hybridized carbons (Fsp3) is 0.667. The summed E-state index contributed by atoms with van der Waals surface area (Å²) < 4.78 is 191. The fourth-order valence-corrected chi connectivity index (χ4v) is 1.73. The number of esters is 3. The summed E-state index contributed by atoms with van der Waals surface area (Å²) >= 11 is 0. The number of hydrogen-bond donors (Lipinski definition) is 0. The van der Waals surface area contributed by atoms with Crippen LogP contribution < -0.4 is 0 Å². The molecule has 0 bridgehead atoms. The minimum absolute atomic E-state index is 0.543. The number of carbonyl (C=O) groups is 3. The van der Waals surface area contributed by atoms with E-state index in [0.29, 0.717) is 0 Å². The van der Waals surface area contributed by atoms with Crippen molar-refractivity contribution in [3.05, 3.63) is 12.2 Å². The first-order valence-corrected chi connectivity index (χ1v) is 8.06. The van der Waals surface area contributed by atoms with Crippen molar-refractivity contribution in [2.45, 2.75) is 49.1 Å². The van der Waals surface area contributed by atoms with Crippen molar-refractivity contribution in [3.8, 4) is 0 Å². The Kier molecular flexibility index (Phi) is 9.22. The maximum absolute atomic E-state index is 13.4. The van der Waals surface area contributed by atoms with Crippen LogP contribution in [0.15, 0.2) is 12.2 Å². The van der Waals surface area contributed by atoms with Crippen LogP contribution in [0.25, 0.3) is 0 Å². The van der Waals surface area contributed by atoms with Gasteiger partial charge in [-0.3, -0.25) is 0 Å². The average molecular weight is 552 g/mol. The van der Waals surface area contributed by atoms with Crippen LogP contribution >= 0.6 is 0 Å². The lowest BCUT2D eigenvalue weighted by molar-refractivity contribution is -0.365. The fourth-order valence-electron chi connectivity index (χ4n) is 1.73. The predicted molar refractivity (Wildman–Crippen MR) is 78.5 cm³/mol. The van der Waals surface area contributed by atoms with Crippen LogP contribution in [-0.4, -0.2) is 73.3 Å². The number of hydrogen-bond acceptors (Lipinski definition) is 6. The van der Waals surface area contributed by atoms with E-state index in [0.717, 1.165) is 6.92 Å². The second-order valence-electron chi connectivity index (χ2n) is 6.29. The molecule has 204 valence electrons. The second kappa shape index (κ2) is 10.0. The van der Waals surface area contributed by atoms with E-state index in [1.54, 1.807) is 0 Å². The first-order valence-electron chi connectivity index (χ1n) is 8.06. The summed E-state index contributed by atoms with van der Waals surface area (Å²) in [6.45, 7) is -1.99. The first kappa shape index (κ1) is 32.2. The summed E-state index contributed by atoms with van der Waals surface area (Å²) in [6.07, 6.45) is -19.8. The molecule has 0 aromatic rings. The molecule has 0 atom stereocenters. The molecular weight excluding hydrogens is 542 g/mol. The van der Waals surface area contributed by atoms with Crippen molar-refractivity contribution in [1.82, 2.24) is 0 Å². The molecule has 0 amide bonds. The quantitative estimate of drug-likeness (QED) is 0.175. The summed E-state index contributed by atoms with van der Waals surface area (Å²) in [4.78, 5) is 33.9. The number of carbonyl (C=O) groups excluding carboxylic acids is 3. The molecule has 35 heavy (non-hydrogen) atoms. The molecule has 0 aliphatic carbocycles. The molecule has 0 saturated heterocycles. The largest absolute Gasteiger partial charge is 0.456 e. The minimum Gasteiger partial charge on any atom is -0.456 e. The smallest absolute Gasteiger partial charge is 0.449 e. The molecule has 0 aromatic heterocycles. The van der Waals surface area contributed by atoms with Crippen LogP contribution in [0.1, 0.15) is 6.92 Å². The lowest BCUT2D eigenvalue weighted by atomic mass is 10.0. The Morgan fingerprint density at radius 2 is 1.23 bits per heavy atom. The molecule has 0 radical (unpaired) electrons. The summed E-state index contributed by atoms with van der Waals surface area (Å²) in [5.74, 6) is -29.2. The highest BCUT2D eigenvalue weighted by Crippen LogP contribution is 2.50. The molecule has 0 spiro atoms. The van der Waals surface area contributed by atoms with Gasteiger partial charge in [0.25, 0.3) is 0 Å². The van der Waals surface area contributed by atoms with E-state index in [1.807, 2.05) is 0 Å². The monoisotopic (exact) mass is 552 g/mol. The molecule has 0 rings (SSSR count). The lowest BCUT2D eigenvalue weighted by Crippen LogP contribution is -2.66. The van der Waals surface area contributed by atoms with Gasteiger partial charge >= 0.3 is 60.1 Å². The standard InChI is InChI=1S/C15H10F14O6/c1-5(2)7(31)33-3-6(30)35-11(14(24,25)26,15(27,28)29)9(32)34-4-10(18,19)13(22,23)12(20,21)8(16)17/h8H,1,3-4H2,2H3. The van der Waals surface area contributed by atoms with E-state index < -0.39 is 78.8 Å². The maximum Gasteiger partial charge on any atom is 0.449 e. The summed E-state index contributed by atoms with van der Waals surface area (Å²) in [7, 11) is 0. The number of ether oxygens (including phenoxy) is 3. The highest BCUT2D eigenvalue weighted by Gasteiger charge is 2.81. The van der Waals surface area contributed by atoms with Crippen LogP contribution in [0.5, 0.6) is 0 Å². The van der Waals surface area contributed by atoms with E-state index in [1.165, 1.54) is 0 Å². The zero-order valence-corrected chi connectivity index (χ0v) is 16.4. The van der Waals surface area contributed by atoms with Crippen molar-refractivity contribution in [1.29, 1.82) is 0 Å². The van der Waals surface area contributed by atoms with Crippen molar-refractivity contribution < 1.29 is 90.1 Å². The van der Waals surface area contributed by atoms with Gasteiger partial charge in [-0.2, -0.15) is 52.7 Å². The topological polar surface area (TPSA) is 78.9 Å². The van der Waals surface area contributed by atoms with Gasteiger partial charge < -0.3 is 14.2 Å². The Morgan fingerprint density at radius 1 is 0.800 bits per heavy atom. The molecule has 0 saturated carbocycles. The third kappa shape index (κ3) is 6.24. The van der Waals surface area contributed by atoms with E-state index in [-0.39, 0.29) is 0 Å². The molecule has 6 nitrogen and oxygen atoms in total. The summed E-state index contributed by atoms with van der Waals surface area (Å²) in [6, 6.07) is 0. The van der Waals surface area contributed by atoms with Gasteiger partial charge in [0.1, 0.15) is 0 Å². The highest BCUT2D eigenvalue weighted by atomic mass is 19.4. The highest BCUT2D eigenvalue weighted by molar-refractivity contribution is 5.89. The zero-order valence-electron chi connectivity index (χ0n) is 16.4. The third-order valence-corrected chi connectivity index (χ3v) is 3.56. The van der Waals surface area contributed by atoms with Gasteiger partial charge in [-0.05, 0) is 6.92 Å². The number of halogens is 14. The molecule has 0 unspecified atom stereocenters. The van der Waals surface area contributed by atoms with Crippen LogP contribution in [0.4, 0.5) is 61.5 Å². The zero-order chi connectivity index (χ0) is 28.4. The van der Waals surface area contributed by atoms with Crippen molar-refractivity contribution in [2.75, 3.05) is 13.2 Å².